The summed E-state index contributed by atoms with van der Waals surface area (Å²) in [6.07, 6.45) is -1.39. The van der Waals surface area contributed by atoms with E-state index in [9.17, 15) is 15.0 Å². The van der Waals surface area contributed by atoms with Gasteiger partial charge < -0.3 is 19.5 Å². The lowest BCUT2D eigenvalue weighted by Crippen LogP contribution is -2.50. The molecule has 6 nitrogen and oxygen atoms in total. The van der Waals surface area contributed by atoms with Gasteiger partial charge in [-0.1, -0.05) is 13.8 Å². The van der Waals surface area contributed by atoms with Gasteiger partial charge in [0.1, 0.15) is 5.60 Å². The third-order valence-corrected chi connectivity index (χ3v) is 7.52. The highest BCUT2D eigenvalue weighted by molar-refractivity contribution is 5.91. The summed E-state index contributed by atoms with van der Waals surface area (Å²) in [5.41, 5.74) is 7.22. The van der Waals surface area contributed by atoms with Crippen molar-refractivity contribution in [3.8, 4) is 11.4 Å². The van der Waals surface area contributed by atoms with Crippen LogP contribution in [0.25, 0.3) is 22.3 Å². The molecule has 2 N–H and O–H groups in total. The fourth-order valence-corrected chi connectivity index (χ4v) is 5.26. The van der Waals surface area contributed by atoms with Crippen LogP contribution in [0.3, 0.4) is 0 Å². The van der Waals surface area contributed by atoms with Crippen LogP contribution in [-0.2, 0) is 23.5 Å². The summed E-state index contributed by atoms with van der Waals surface area (Å²) in [5, 5.41) is 23.0. The Kier molecular flexibility index (Phi) is 4.26. The molecule has 0 fully saturated rings. The molecule has 0 saturated heterocycles. The van der Waals surface area contributed by atoms with E-state index in [1.165, 1.54) is 16.7 Å². The number of hydrogen-bond donors (Lipinski definition) is 2. The molecule has 1 aromatic carbocycles. The molecular formula is C25H28N2O4. The Morgan fingerprint density at radius 1 is 1.13 bits per heavy atom. The third kappa shape index (κ3) is 2.50. The van der Waals surface area contributed by atoms with Gasteiger partial charge in [-0.15, -0.1) is 0 Å². The highest BCUT2D eigenvalue weighted by atomic mass is 16.6. The van der Waals surface area contributed by atoms with Crippen molar-refractivity contribution in [2.75, 3.05) is 0 Å². The maximum atomic E-state index is 13.4. The van der Waals surface area contributed by atoms with Gasteiger partial charge in [0.15, 0.2) is 6.29 Å². The van der Waals surface area contributed by atoms with Gasteiger partial charge >= 0.3 is 0 Å². The Morgan fingerprint density at radius 3 is 2.52 bits per heavy atom. The van der Waals surface area contributed by atoms with Crippen LogP contribution in [0.5, 0.6) is 0 Å². The van der Waals surface area contributed by atoms with Crippen molar-refractivity contribution in [2.45, 2.75) is 66.6 Å². The van der Waals surface area contributed by atoms with E-state index in [4.69, 9.17) is 9.72 Å². The molecule has 0 amide bonds. The van der Waals surface area contributed by atoms with Crippen molar-refractivity contribution < 1.29 is 14.9 Å². The molecule has 3 aromatic rings. The fraction of sp³-hybridized carbons (Fsp3) is 0.440. The Hall–Kier alpha value is -2.54. The zero-order chi connectivity index (χ0) is 22.4. The summed E-state index contributed by atoms with van der Waals surface area (Å²) in [4.78, 5) is 18.4. The fourth-order valence-electron chi connectivity index (χ4n) is 5.26. The molecule has 31 heavy (non-hydrogen) atoms. The van der Waals surface area contributed by atoms with Crippen molar-refractivity contribution in [1.29, 1.82) is 0 Å². The number of fused-ring (bicyclic) bond motifs is 5. The number of aliphatic hydroxyl groups is 2. The first-order valence-electron chi connectivity index (χ1n) is 10.8. The molecule has 0 bridgehead atoms. The van der Waals surface area contributed by atoms with Crippen LogP contribution in [0, 0.1) is 33.6 Å². The van der Waals surface area contributed by atoms with E-state index in [1.807, 2.05) is 19.9 Å². The Balaban J connectivity index is 1.84. The van der Waals surface area contributed by atoms with Crippen LogP contribution >= 0.6 is 0 Å². The summed E-state index contributed by atoms with van der Waals surface area (Å²) < 4.78 is 7.13. The Labute approximate surface area is 181 Å². The highest BCUT2D eigenvalue weighted by Gasteiger charge is 2.48. The molecule has 0 aliphatic carbocycles. The van der Waals surface area contributed by atoms with Gasteiger partial charge in [0.25, 0.3) is 5.56 Å². The zero-order valence-corrected chi connectivity index (χ0v) is 18.8. The maximum Gasteiger partial charge on any atom is 0.257 e. The number of ether oxygens (including phenoxy) is 1. The van der Waals surface area contributed by atoms with E-state index in [0.29, 0.717) is 23.4 Å². The molecule has 2 aromatic heterocycles. The van der Waals surface area contributed by atoms with Crippen LogP contribution in [0.4, 0.5) is 0 Å². The summed E-state index contributed by atoms with van der Waals surface area (Å²) in [7, 11) is 0. The number of pyridine rings is 2. The second kappa shape index (κ2) is 6.48. The molecule has 2 aliphatic heterocycles. The first-order chi connectivity index (χ1) is 14.6. The molecule has 5 rings (SSSR count). The quantitative estimate of drug-likeness (QED) is 0.493. The average Bonchev–Trinajstić information content (AvgIpc) is 3.08. The van der Waals surface area contributed by atoms with Crippen LogP contribution in [0.15, 0.2) is 16.9 Å². The third-order valence-electron chi connectivity index (χ3n) is 7.52. The molecular weight excluding hydrogens is 392 g/mol. The first-order valence-corrected chi connectivity index (χ1v) is 10.8. The van der Waals surface area contributed by atoms with Gasteiger partial charge in [-0.3, -0.25) is 4.79 Å². The van der Waals surface area contributed by atoms with Crippen LogP contribution in [0.2, 0.25) is 0 Å². The van der Waals surface area contributed by atoms with E-state index in [-0.39, 0.29) is 18.1 Å². The van der Waals surface area contributed by atoms with Crippen LogP contribution in [-0.4, -0.2) is 26.1 Å². The molecule has 2 atom stereocenters. The predicted molar refractivity (Wildman–Crippen MR) is 119 cm³/mol. The lowest BCUT2D eigenvalue weighted by Gasteiger charge is -2.41. The number of aromatic nitrogens is 2. The van der Waals surface area contributed by atoms with E-state index < -0.39 is 11.9 Å². The molecule has 4 heterocycles. The van der Waals surface area contributed by atoms with Crippen molar-refractivity contribution in [1.82, 2.24) is 9.55 Å². The predicted octanol–water partition coefficient (Wildman–Crippen LogP) is 3.35. The number of aliphatic hydroxyl groups excluding tert-OH is 1. The monoisotopic (exact) mass is 420 g/mol. The summed E-state index contributed by atoms with van der Waals surface area (Å²) in [6, 6.07) is 3.94. The van der Waals surface area contributed by atoms with Gasteiger partial charge in [-0.25, -0.2) is 4.98 Å². The largest absolute Gasteiger partial charge is 0.380 e. The normalized spacial score (nSPS) is 22.0. The molecule has 6 heteroatoms. The lowest BCUT2D eigenvalue weighted by atomic mass is 9.79. The maximum absolute atomic E-state index is 13.4. The Morgan fingerprint density at radius 2 is 1.84 bits per heavy atom. The molecule has 2 unspecified atom stereocenters. The number of nitrogens with zero attached hydrogens (tertiary/aromatic N) is 2. The van der Waals surface area contributed by atoms with Crippen LogP contribution < -0.4 is 5.56 Å². The van der Waals surface area contributed by atoms with Crippen molar-refractivity contribution in [2.24, 2.45) is 5.92 Å². The van der Waals surface area contributed by atoms with E-state index in [1.54, 1.807) is 4.57 Å². The SMILES string of the molecule is Cc1cc2nc3c(c(C)c2c(C)c1C)Cn1c-3cc2c(c1=O)COC(O)C2(O)C(C)C. The van der Waals surface area contributed by atoms with Gasteiger partial charge in [0.2, 0.25) is 0 Å². The Bertz CT molecular complexity index is 1340. The van der Waals surface area contributed by atoms with E-state index in [0.717, 1.165) is 27.7 Å². The summed E-state index contributed by atoms with van der Waals surface area (Å²) in [6.45, 7) is 12.5. The van der Waals surface area contributed by atoms with Crippen LogP contribution in [0.1, 0.15) is 52.8 Å². The molecule has 2 aliphatic rings. The van der Waals surface area contributed by atoms with E-state index >= 15 is 0 Å². The van der Waals surface area contributed by atoms with Crippen molar-refractivity contribution >= 4 is 10.9 Å². The lowest BCUT2D eigenvalue weighted by molar-refractivity contribution is -0.251. The summed E-state index contributed by atoms with van der Waals surface area (Å²) in [5.74, 6) is -0.343. The smallest absolute Gasteiger partial charge is 0.257 e. The molecule has 0 spiro atoms. The topological polar surface area (TPSA) is 84.6 Å². The molecule has 162 valence electrons. The minimum absolute atomic E-state index is 0.0210. The van der Waals surface area contributed by atoms with Gasteiger partial charge in [0.05, 0.1) is 30.1 Å². The average molecular weight is 421 g/mol. The van der Waals surface area contributed by atoms with Gasteiger partial charge in [-0.05, 0) is 68.0 Å². The molecule has 0 saturated carbocycles. The number of benzene rings is 1. The standard InChI is InChI=1S/C25H28N2O4/c1-11(2)25(30)18-8-20-22-16(9-27(20)23(28)17(18)10-31-24(25)29)15(6)21-14(5)13(4)12(3)7-19(21)26-22/h7-8,11,24,29-30H,9-10H2,1-6H3. The second-order valence-corrected chi connectivity index (χ2v) is 9.36. The van der Waals surface area contributed by atoms with Crippen molar-refractivity contribution in [3.05, 3.63) is 61.4 Å². The highest BCUT2D eigenvalue weighted by Crippen LogP contribution is 2.43. The second-order valence-electron chi connectivity index (χ2n) is 9.36. The van der Waals surface area contributed by atoms with Gasteiger partial charge in [-0.2, -0.15) is 0 Å². The minimum atomic E-state index is -1.65. The molecule has 0 radical (unpaired) electrons. The van der Waals surface area contributed by atoms with E-state index in [2.05, 4.69) is 33.8 Å². The number of aryl methyl sites for hydroxylation is 3. The number of hydrogen-bond acceptors (Lipinski definition) is 5. The first kappa shape index (κ1) is 20.4. The van der Waals surface area contributed by atoms with Gasteiger partial charge in [0, 0.05) is 22.1 Å². The number of rotatable bonds is 1. The minimum Gasteiger partial charge on any atom is -0.380 e. The van der Waals surface area contributed by atoms with Crippen molar-refractivity contribution in [3.63, 3.8) is 0 Å². The summed E-state index contributed by atoms with van der Waals surface area (Å²) >= 11 is 0. The zero-order valence-electron chi connectivity index (χ0n) is 18.8.